The van der Waals surface area contributed by atoms with E-state index >= 15 is 0 Å². The van der Waals surface area contributed by atoms with Crippen molar-refractivity contribution in [3.05, 3.63) is 0 Å². The van der Waals surface area contributed by atoms with E-state index in [1.807, 2.05) is 0 Å². The molecule has 2 aliphatic heterocycles. The highest BCUT2D eigenvalue weighted by Crippen LogP contribution is 2.59. The van der Waals surface area contributed by atoms with Gasteiger partial charge in [0, 0.05) is 17.9 Å². The first-order valence-corrected chi connectivity index (χ1v) is 7.99. The molecule has 1 unspecified atom stereocenters. The average Bonchev–Trinajstić information content (AvgIpc) is 2.33. The third-order valence-electron chi connectivity index (χ3n) is 6.50. The van der Waals surface area contributed by atoms with Crippen LogP contribution in [-0.2, 0) is 4.79 Å². The van der Waals surface area contributed by atoms with E-state index in [0.717, 1.165) is 24.2 Å². The summed E-state index contributed by atoms with van der Waals surface area (Å²) in [5.74, 6) is 3.43. The van der Waals surface area contributed by atoms with Crippen LogP contribution in [-0.4, -0.2) is 29.3 Å². The predicted octanol–water partition coefficient (Wildman–Crippen LogP) is 2.87. The molecule has 1 spiro atoms. The second-order valence-electron chi connectivity index (χ2n) is 7.40. The van der Waals surface area contributed by atoms with Crippen LogP contribution in [0.3, 0.4) is 0 Å². The SMILES string of the molecule is C[C@H]1C[C@@H]2CC(=O)[C@H]3CCCN4CCC[C@H]2C34C1. The van der Waals surface area contributed by atoms with Crippen molar-refractivity contribution in [3.63, 3.8) is 0 Å². The van der Waals surface area contributed by atoms with E-state index < -0.39 is 0 Å². The van der Waals surface area contributed by atoms with E-state index in [0.29, 0.717) is 17.2 Å². The lowest BCUT2D eigenvalue weighted by Gasteiger charge is -2.65. The van der Waals surface area contributed by atoms with E-state index in [-0.39, 0.29) is 0 Å². The number of hydrogen-bond acceptors (Lipinski definition) is 2. The average molecular weight is 247 g/mol. The fraction of sp³-hybridized carbons (Fsp3) is 0.938. The second kappa shape index (κ2) is 3.82. The molecular weight excluding hydrogens is 222 g/mol. The highest BCUT2D eigenvalue weighted by atomic mass is 16.1. The van der Waals surface area contributed by atoms with Crippen molar-refractivity contribution in [2.24, 2.45) is 23.7 Å². The van der Waals surface area contributed by atoms with Crippen LogP contribution in [0.2, 0.25) is 0 Å². The zero-order chi connectivity index (χ0) is 12.3. The molecule has 2 saturated carbocycles. The van der Waals surface area contributed by atoms with Crippen LogP contribution in [0.5, 0.6) is 0 Å². The molecular formula is C16H25NO. The number of ketones is 1. The van der Waals surface area contributed by atoms with Crippen molar-refractivity contribution in [2.45, 2.75) is 57.4 Å². The highest BCUT2D eigenvalue weighted by Gasteiger charge is 2.62. The smallest absolute Gasteiger partial charge is 0.138 e. The van der Waals surface area contributed by atoms with E-state index in [2.05, 4.69) is 11.8 Å². The predicted molar refractivity (Wildman–Crippen MR) is 71.3 cm³/mol. The highest BCUT2D eigenvalue weighted by molar-refractivity contribution is 5.84. The van der Waals surface area contributed by atoms with Crippen molar-refractivity contribution < 1.29 is 4.79 Å². The molecule has 0 aromatic heterocycles. The molecule has 4 fully saturated rings. The Labute approximate surface area is 110 Å². The summed E-state index contributed by atoms with van der Waals surface area (Å²) < 4.78 is 0. The Kier molecular flexibility index (Phi) is 2.43. The van der Waals surface area contributed by atoms with Crippen LogP contribution < -0.4 is 0 Å². The molecule has 4 aliphatic rings. The van der Waals surface area contributed by atoms with Crippen molar-refractivity contribution in [1.29, 1.82) is 0 Å². The summed E-state index contributed by atoms with van der Waals surface area (Å²) in [6.45, 7) is 4.95. The van der Waals surface area contributed by atoms with E-state index in [1.54, 1.807) is 0 Å². The Hall–Kier alpha value is -0.370. The van der Waals surface area contributed by atoms with Crippen LogP contribution in [0, 0.1) is 23.7 Å². The summed E-state index contributed by atoms with van der Waals surface area (Å²) in [6.07, 6.45) is 8.75. The first-order valence-electron chi connectivity index (χ1n) is 7.99. The Bertz CT molecular complexity index is 377. The van der Waals surface area contributed by atoms with Gasteiger partial charge < -0.3 is 0 Å². The van der Waals surface area contributed by atoms with Crippen molar-refractivity contribution in [2.75, 3.05) is 13.1 Å². The van der Waals surface area contributed by atoms with Gasteiger partial charge in [-0.2, -0.15) is 0 Å². The fourth-order valence-corrected chi connectivity index (χ4v) is 6.18. The van der Waals surface area contributed by atoms with Gasteiger partial charge in [0.05, 0.1) is 0 Å². The maximum Gasteiger partial charge on any atom is 0.138 e. The molecule has 2 bridgehead atoms. The lowest BCUT2D eigenvalue weighted by atomic mass is 9.48. The maximum absolute atomic E-state index is 12.5. The van der Waals surface area contributed by atoms with E-state index in [4.69, 9.17) is 0 Å². The van der Waals surface area contributed by atoms with Gasteiger partial charge in [-0.25, -0.2) is 0 Å². The summed E-state index contributed by atoms with van der Waals surface area (Å²) in [6, 6.07) is 0. The number of nitrogens with zero attached hydrogens (tertiary/aromatic N) is 1. The summed E-state index contributed by atoms with van der Waals surface area (Å²) in [5, 5.41) is 0. The molecule has 2 heteroatoms. The minimum absolute atomic E-state index is 0.314. The number of Topliss-reactive ketones (excluding diaryl/α,β-unsaturated/α-hetero) is 1. The normalized spacial score (nSPS) is 51.9. The monoisotopic (exact) mass is 247 g/mol. The van der Waals surface area contributed by atoms with Gasteiger partial charge in [-0.05, 0) is 69.4 Å². The second-order valence-corrected chi connectivity index (χ2v) is 7.40. The van der Waals surface area contributed by atoms with Gasteiger partial charge in [-0.3, -0.25) is 9.69 Å². The molecule has 0 aromatic carbocycles. The number of hydrogen-bond donors (Lipinski definition) is 0. The number of rotatable bonds is 0. The molecule has 0 aromatic rings. The van der Waals surface area contributed by atoms with Gasteiger partial charge in [0.1, 0.15) is 5.78 Å². The molecule has 100 valence electrons. The third-order valence-corrected chi connectivity index (χ3v) is 6.50. The van der Waals surface area contributed by atoms with Gasteiger partial charge in [0.15, 0.2) is 0 Å². The fourth-order valence-electron chi connectivity index (χ4n) is 6.18. The molecule has 2 aliphatic carbocycles. The molecule has 18 heavy (non-hydrogen) atoms. The van der Waals surface area contributed by atoms with Crippen LogP contribution in [0.15, 0.2) is 0 Å². The van der Waals surface area contributed by atoms with Gasteiger partial charge in [0.25, 0.3) is 0 Å². The minimum Gasteiger partial charge on any atom is -0.299 e. The van der Waals surface area contributed by atoms with Gasteiger partial charge in [-0.1, -0.05) is 6.92 Å². The topological polar surface area (TPSA) is 20.3 Å². The molecule has 2 saturated heterocycles. The number of carbonyl (C=O) groups excluding carboxylic acids is 1. The van der Waals surface area contributed by atoms with Crippen LogP contribution in [0.25, 0.3) is 0 Å². The molecule has 2 heterocycles. The van der Waals surface area contributed by atoms with Crippen LogP contribution in [0.1, 0.15) is 51.9 Å². The van der Waals surface area contributed by atoms with Crippen molar-refractivity contribution >= 4 is 5.78 Å². The lowest BCUT2D eigenvalue weighted by molar-refractivity contribution is -0.172. The van der Waals surface area contributed by atoms with Crippen LogP contribution >= 0.6 is 0 Å². The Morgan fingerprint density at radius 2 is 2.00 bits per heavy atom. The number of piperidine rings is 2. The summed E-state index contributed by atoms with van der Waals surface area (Å²) in [5.41, 5.74) is 0.314. The first-order chi connectivity index (χ1) is 8.72. The van der Waals surface area contributed by atoms with E-state index in [1.165, 1.54) is 51.6 Å². The van der Waals surface area contributed by atoms with Gasteiger partial charge in [0.2, 0.25) is 0 Å². The molecule has 0 amide bonds. The Balaban J connectivity index is 1.82. The maximum atomic E-state index is 12.5. The molecule has 0 radical (unpaired) electrons. The summed E-state index contributed by atoms with van der Waals surface area (Å²) in [7, 11) is 0. The molecule has 5 atom stereocenters. The molecule has 0 N–H and O–H groups in total. The van der Waals surface area contributed by atoms with E-state index in [9.17, 15) is 4.79 Å². The van der Waals surface area contributed by atoms with Crippen molar-refractivity contribution in [3.8, 4) is 0 Å². The largest absolute Gasteiger partial charge is 0.299 e. The van der Waals surface area contributed by atoms with Crippen LogP contribution in [0.4, 0.5) is 0 Å². The summed E-state index contributed by atoms with van der Waals surface area (Å²) in [4.78, 5) is 15.3. The number of carbonyl (C=O) groups is 1. The summed E-state index contributed by atoms with van der Waals surface area (Å²) >= 11 is 0. The zero-order valence-corrected chi connectivity index (χ0v) is 11.5. The molecule has 2 nitrogen and oxygen atoms in total. The van der Waals surface area contributed by atoms with Gasteiger partial charge in [-0.15, -0.1) is 0 Å². The lowest BCUT2D eigenvalue weighted by Crippen LogP contribution is -2.71. The Morgan fingerprint density at radius 3 is 2.83 bits per heavy atom. The Morgan fingerprint density at radius 1 is 1.22 bits per heavy atom. The minimum atomic E-state index is 0.314. The zero-order valence-electron chi connectivity index (χ0n) is 11.5. The standard InChI is InChI=1S/C16H25NO/c1-11-8-12-9-15(18)14-5-3-7-17-6-2-4-13(12)16(14,17)10-11/h11-14H,2-10H2,1H3/t11-,12+,13+,14+,16?/m0/s1. The van der Waals surface area contributed by atoms with Gasteiger partial charge >= 0.3 is 0 Å². The molecule has 4 rings (SSSR count). The quantitative estimate of drug-likeness (QED) is 0.656. The third kappa shape index (κ3) is 1.31. The first kappa shape index (κ1) is 11.5. The van der Waals surface area contributed by atoms with Crippen molar-refractivity contribution in [1.82, 2.24) is 4.90 Å².